The highest BCUT2D eigenvalue weighted by Gasteiger charge is 2.15. The van der Waals surface area contributed by atoms with Gasteiger partial charge in [-0.1, -0.05) is 18.5 Å². The third kappa shape index (κ3) is 5.14. The number of nitrogens with one attached hydrogen (secondary N) is 1. The summed E-state index contributed by atoms with van der Waals surface area (Å²) in [5, 5.41) is 17.0. The molecule has 0 saturated carbocycles. The normalized spacial score (nSPS) is 12.3. The first-order valence-electron chi connectivity index (χ1n) is 8.36. The number of amides is 1. The van der Waals surface area contributed by atoms with Gasteiger partial charge in [0.15, 0.2) is 0 Å². The van der Waals surface area contributed by atoms with Gasteiger partial charge in [-0.25, -0.2) is 4.98 Å². The van der Waals surface area contributed by atoms with Crippen molar-refractivity contribution in [3.05, 3.63) is 33.1 Å². The van der Waals surface area contributed by atoms with Crippen molar-refractivity contribution in [2.45, 2.75) is 59.0 Å². The van der Waals surface area contributed by atoms with Gasteiger partial charge in [0.05, 0.1) is 23.0 Å². The van der Waals surface area contributed by atoms with Crippen molar-refractivity contribution in [3.8, 4) is 0 Å². The number of aromatic nitrogens is 2. The molecule has 0 aromatic carbocycles. The van der Waals surface area contributed by atoms with Crippen LogP contribution in [0, 0.1) is 6.92 Å². The number of aliphatic hydroxyl groups excluding tert-OH is 1. The Hall–Kier alpha value is -1.73. The molecular formula is C17H25N3O3S. The van der Waals surface area contributed by atoms with Crippen LogP contribution in [0.4, 0.5) is 0 Å². The smallest absolute Gasteiger partial charge is 0.263 e. The van der Waals surface area contributed by atoms with Crippen LogP contribution in [0.5, 0.6) is 0 Å². The first-order chi connectivity index (χ1) is 11.5. The molecule has 0 spiro atoms. The fraction of sp³-hybridized carbons (Fsp3) is 0.588. The third-order valence-corrected chi connectivity index (χ3v) is 4.81. The van der Waals surface area contributed by atoms with E-state index in [9.17, 15) is 9.90 Å². The van der Waals surface area contributed by atoms with Gasteiger partial charge in [-0.15, -0.1) is 11.3 Å². The second kappa shape index (κ2) is 8.94. The number of aryl methyl sites for hydroxylation is 3. The number of hydrogen-bond donors (Lipinski definition) is 2. The van der Waals surface area contributed by atoms with E-state index < -0.39 is 6.10 Å². The molecule has 1 atom stereocenters. The average molecular weight is 351 g/mol. The van der Waals surface area contributed by atoms with Gasteiger partial charge in [-0.05, 0) is 33.1 Å². The Morgan fingerprint density at radius 2 is 2.21 bits per heavy atom. The largest absolute Gasteiger partial charge is 0.392 e. The van der Waals surface area contributed by atoms with Crippen LogP contribution in [-0.2, 0) is 19.3 Å². The molecule has 7 heteroatoms. The molecule has 0 saturated heterocycles. The molecule has 0 aliphatic carbocycles. The van der Waals surface area contributed by atoms with Crippen LogP contribution in [0.2, 0.25) is 0 Å². The summed E-state index contributed by atoms with van der Waals surface area (Å²) < 4.78 is 5.32. The summed E-state index contributed by atoms with van der Waals surface area (Å²) in [7, 11) is 0. The summed E-state index contributed by atoms with van der Waals surface area (Å²) in [5.74, 6) is 0.678. The lowest BCUT2D eigenvalue weighted by atomic mass is 10.0. The minimum absolute atomic E-state index is 0.190. The van der Waals surface area contributed by atoms with Crippen molar-refractivity contribution in [2.24, 2.45) is 0 Å². The maximum absolute atomic E-state index is 11.9. The van der Waals surface area contributed by atoms with Gasteiger partial charge in [0.1, 0.15) is 10.6 Å². The standard InChI is InChI=1S/C17H25N3O3S/c1-4-5-6-14-13(12(3)23-20-14)7-8-16-18-10-15(24-16)17(22)19-9-11(2)21/h10-11,21H,4-9H2,1-3H3,(H,19,22). The number of thiazole rings is 1. The van der Waals surface area contributed by atoms with Crippen LogP contribution in [0.25, 0.3) is 0 Å². The van der Waals surface area contributed by atoms with Crippen molar-refractivity contribution in [1.82, 2.24) is 15.5 Å². The molecule has 0 radical (unpaired) electrons. The molecule has 0 aliphatic heterocycles. The zero-order chi connectivity index (χ0) is 17.5. The minimum Gasteiger partial charge on any atom is -0.392 e. The Kier molecular flexibility index (Phi) is 6.93. The highest BCUT2D eigenvalue weighted by Crippen LogP contribution is 2.20. The zero-order valence-electron chi connectivity index (χ0n) is 14.5. The molecular weight excluding hydrogens is 326 g/mol. The quantitative estimate of drug-likeness (QED) is 0.725. The molecule has 24 heavy (non-hydrogen) atoms. The van der Waals surface area contributed by atoms with E-state index in [-0.39, 0.29) is 12.5 Å². The van der Waals surface area contributed by atoms with Gasteiger partial charge in [0.25, 0.3) is 5.91 Å². The molecule has 0 bridgehead atoms. The highest BCUT2D eigenvalue weighted by molar-refractivity contribution is 7.13. The van der Waals surface area contributed by atoms with Gasteiger partial charge < -0.3 is 14.9 Å². The lowest BCUT2D eigenvalue weighted by Gasteiger charge is -2.04. The molecule has 2 N–H and O–H groups in total. The van der Waals surface area contributed by atoms with Gasteiger partial charge in [-0.2, -0.15) is 0 Å². The first-order valence-corrected chi connectivity index (χ1v) is 9.17. The van der Waals surface area contributed by atoms with E-state index in [1.165, 1.54) is 16.9 Å². The molecule has 2 heterocycles. The second-order valence-corrected chi connectivity index (χ2v) is 7.06. The fourth-order valence-electron chi connectivity index (χ4n) is 2.39. The van der Waals surface area contributed by atoms with Crippen LogP contribution in [-0.4, -0.2) is 33.8 Å². The summed E-state index contributed by atoms with van der Waals surface area (Å²) in [4.78, 5) is 16.8. The number of unbranched alkanes of at least 4 members (excludes halogenated alkanes) is 1. The predicted octanol–water partition coefficient (Wildman–Crippen LogP) is 2.68. The Balaban J connectivity index is 1.93. The van der Waals surface area contributed by atoms with Crippen LogP contribution in [0.3, 0.4) is 0 Å². The molecule has 2 aromatic heterocycles. The Morgan fingerprint density at radius 3 is 2.92 bits per heavy atom. The molecule has 132 valence electrons. The predicted molar refractivity (Wildman–Crippen MR) is 93.4 cm³/mol. The number of nitrogens with zero attached hydrogens (tertiary/aromatic N) is 2. The Labute approximate surface area is 146 Å². The number of hydrogen-bond acceptors (Lipinski definition) is 6. The van der Waals surface area contributed by atoms with Crippen LogP contribution < -0.4 is 5.32 Å². The van der Waals surface area contributed by atoms with Crippen molar-refractivity contribution < 1.29 is 14.4 Å². The fourth-order valence-corrected chi connectivity index (χ4v) is 3.22. The molecule has 0 fully saturated rings. The lowest BCUT2D eigenvalue weighted by Crippen LogP contribution is -2.29. The van der Waals surface area contributed by atoms with E-state index in [4.69, 9.17) is 4.52 Å². The lowest BCUT2D eigenvalue weighted by molar-refractivity contribution is 0.0928. The van der Waals surface area contributed by atoms with Crippen LogP contribution in [0.1, 0.15) is 58.4 Å². The van der Waals surface area contributed by atoms with Gasteiger partial charge in [0.2, 0.25) is 0 Å². The number of aliphatic hydroxyl groups is 1. The van der Waals surface area contributed by atoms with Crippen molar-refractivity contribution in [3.63, 3.8) is 0 Å². The SMILES string of the molecule is CCCCc1noc(C)c1CCc1ncc(C(=O)NCC(C)O)s1. The van der Waals surface area contributed by atoms with Crippen LogP contribution >= 0.6 is 11.3 Å². The van der Waals surface area contributed by atoms with Gasteiger partial charge >= 0.3 is 0 Å². The monoisotopic (exact) mass is 351 g/mol. The van der Waals surface area contributed by atoms with E-state index in [1.54, 1.807) is 13.1 Å². The van der Waals surface area contributed by atoms with Crippen molar-refractivity contribution in [2.75, 3.05) is 6.54 Å². The van der Waals surface area contributed by atoms with E-state index >= 15 is 0 Å². The highest BCUT2D eigenvalue weighted by atomic mass is 32.1. The number of carbonyl (C=O) groups is 1. The van der Waals surface area contributed by atoms with Crippen LogP contribution in [0.15, 0.2) is 10.7 Å². The van der Waals surface area contributed by atoms with E-state index in [2.05, 4.69) is 22.4 Å². The maximum Gasteiger partial charge on any atom is 0.263 e. The molecule has 6 nitrogen and oxygen atoms in total. The summed E-state index contributed by atoms with van der Waals surface area (Å²) in [6.45, 7) is 5.98. The first kappa shape index (κ1) is 18.6. The summed E-state index contributed by atoms with van der Waals surface area (Å²) >= 11 is 1.39. The Morgan fingerprint density at radius 1 is 1.42 bits per heavy atom. The van der Waals surface area contributed by atoms with E-state index in [0.717, 1.165) is 48.6 Å². The molecule has 0 aliphatic rings. The number of rotatable bonds is 9. The molecule has 1 unspecified atom stereocenters. The minimum atomic E-state index is -0.556. The molecule has 1 amide bonds. The van der Waals surface area contributed by atoms with Crippen molar-refractivity contribution in [1.29, 1.82) is 0 Å². The van der Waals surface area contributed by atoms with Gasteiger partial charge in [-0.3, -0.25) is 4.79 Å². The average Bonchev–Trinajstić information content (AvgIpc) is 3.15. The topological polar surface area (TPSA) is 88.2 Å². The summed E-state index contributed by atoms with van der Waals surface area (Å²) in [6, 6.07) is 0. The van der Waals surface area contributed by atoms with Crippen molar-refractivity contribution >= 4 is 17.2 Å². The third-order valence-electron chi connectivity index (χ3n) is 3.76. The second-order valence-electron chi connectivity index (χ2n) is 5.94. The van der Waals surface area contributed by atoms with E-state index in [1.807, 2.05) is 6.92 Å². The maximum atomic E-state index is 11.9. The summed E-state index contributed by atoms with van der Waals surface area (Å²) in [5.41, 5.74) is 2.21. The summed E-state index contributed by atoms with van der Waals surface area (Å²) in [6.07, 6.45) is 5.78. The van der Waals surface area contributed by atoms with Gasteiger partial charge in [0, 0.05) is 18.5 Å². The molecule has 2 rings (SSSR count). The molecule has 2 aromatic rings. The Bertz CT molecular complexity index is 664. The van der Waals surface area contributed by atoms with E-state index in [0.29, 0.717) is 4.88 Å². The zero-order valence-corrected chi connectivity index (χ0v) is 15.3. The number of carbonyl (C=O) groups excluding carboxylic acids is 1.